The minimum Gasteiger partial charge on any atom is -0.480 e. The van der Waals surface area contributed by atoms with Crippen molar-refractivity contribution in [1.29, 1.82) is 0 Å². The molecule has 0 aliphatic heterocycles. The smallest absolute Gasteiger partial charge is 0.320 e. The molecule has 0 saturated heterocycles. The fourth-order valence-electron chi connectivity index (χ4n) is 2.32. The van der Waals surface area contributed by atoms with E-state index < -0.39 is 35.6 Å². The third kappa shape index (κ3) is 5.56. The van der Waals surface area contributed by atoms with Crippen LogP contribution >= 0.6 is 0 Å². The number of Topliss-reactive ketones (excluding diaryl/α,β-unsaturated/α-hetero) is 2. The Bertz CT molecular complexity index is 816. The number of nitrogens with one attached hydrogen (secondary N) is 2. The first-order valence-electron chi connectivity index (χ1n) is 8.28. The third-order valence-corrected chi connectivity index (χ3v) is 3.88. The molecule has 0 fully saturated rings. The van der Waals surface area contributed by atoms with E-state index in [1.54, 1.807) is 0 Å². The zero-order valence-corrected chi connectivity index (χ0v) is 14.7. The second kappa shape index (κ2) is 9.01. The number of carboxylic acids is 2. The average molecular weight is 392 g/mol. The first-order chi connectivity index (χ1) is 13.2. The number of hydrogen-bond donors (Lipinski definition) is 6. The molecular formula is C16H20N6O6. The predicted octanol–water partition coefficient (Wildman–Crippen LogP) is -1.11. The van der Waals surface area contributed by atoms with Gasteiger partial charge in [0.25, 0.3) is 0 Å². The van der Waals surface area contributed by atoms with Crippen LogP contribution in [0.25, 0.3) is 0 Å². The first-order valence-corrected chi connectivity index (χ1v) is 8.28. The highest BCUT2D eigenvalue weighted by Crippen LogP contribution is 2.09. The topological polar surface area (TPSA) is 218 Å². The molecule has 0 spiro atoms. The molecule has 12 heteroatoms. The number of nitrogens with two attached hydrogens (primary N) is 2. The van der Waals surface area contributed by atoms with Crippen molar-refractivity contribution in [2.75, 3.05) is 0 Å². The maximum atomic E-state index is 12.1. The van der Waals surface area contributed by atoms with Gasteiger partial charge in [0.2, 0.25) is 0 Å². The molecule has 28 heavy (non-hydrogen) atoms. The molecule has 0 radical (unpaired) electrons. The van der Waals surface area contributed by atoms with E-state index in [0.717, 1.165) is 0 Å². The van der Waals surface area contributed by atoms with Crippen molar-refractivity contribution >= 4 is 23.5 Å². The van der Waals surface area contributed by atoms with Crippen molar-refractivity contribution in [3.63, 3.8) is 0 Å². The van der Waals surface area contributed by atoms with E-state index in [1.165, 1.54) is 12.4 Å². The summed E-state index contributed by atoms with van der Waals surface area (Å²) in [6, 6.07) is -2.24. The molecule has 0 bridgehead atoms. The summed E-state index contributed by atoms with van der Waals surface area (Å²) >= 11 is 0. The molecule has 8 N–H and O–H groups in total. The normalized spacial score (nSPS) is 13.1. The highest BCUT2D eigenvalue weighted by molar-refractivity contribution is 5.99. The number of hydrogen-bond acceptors (Lipinski definition) is 8. The quantitative estimate of drug-likeness (QED) is 0.253. The Labute approximate surface area is 158 Å². The van der Waals surface area contributed by atoms with Gasteiger partial charge in [-0.25, -0.2) is 9.97 Å². The standard InChI is InChI=1S/C16H20N6O6/c17-9(15(25)26)3-7-5-19-13(21-7)11(23)1-2-12(24)14-20-6-8(22-14)4-10(18)16(27)28/h5-6,9-10H,1-4,17-18H2,(H,19,21)(H,20,22)(H,25,26)(H,27,28). The van der Waals surface area contributed by atoms with Crippen molar-refractivity contribution in [2.24, 2.45) is 11.5 Å². The number of aromatic amines is 2. The third-order valence-electron chi connectivity index (χ3n) is 3.88. The van der Waals surface area contributed by atoms with Gasteiger partial charge in [-0.2, -0.15) is 0 Å². The van der Waals surface area contributed by atoms with E-state index in [0.29, 0.717) is 11.4 Å². The van der Waals surface area contributed by atoms with Gasteiger partial charge in [0.05, 0.1) is 0 Å². The molecular weight excluding hydrogens is 372 g/mol. The Morgan fingerprint density at radius 1 is 0.821 bits per heavy atom. The van der Waals surface area contributed by atoms with Crippen LogP contribution in [0.5, 0.6) is 0 Å². The maximum Gasteiger partial charge on any atom is 0.320 e. The molecule has 2 aromatic heterocycles. The van der Waals surface area contributed by atoms with Crippen LogP contribution in [0.3, 0.4) is 0 Å². The van der Waals surface area contributed by atoms with Gasteiger partial charge in [0.1, 0.15) is 12.1 Å². The number of ketones is 2. The van der Waals surface area contributed by atoms with Gasteiger partial charge < -0.3 is 31.6 Å². The number of aromatic nitrogens is 4. The summed E-state index contributed by atoms with van der Waals surface area (Å²) in [4.78, 5) is 58.9. The van der Waals surface area contributed by atoms with Gasteiger partial charge in [0, 0.05) is 49.5 Å². The lowest BCUT2D eigenvalue weighted by Crippen LogP contribution is -2.32. The molecule has 2 rings (SSSR count). The van der Waals surface area contributed by atoms with E-state index >= 15 is 0 Å². The van der Waals surface area contributed by atoms with Crippen LogP contribution in [0.1, 0.15) is 45.5 Å². The van der Waals surface area contributed by atoms with Crippen molar-refractivity contribution in [3.05, 3.63) is 35.4 Å². The van der Waals surface area contributed by atoms with Crippen molar-refractivity contribution in [3.8, 4) is 0 Å². The van der Waals surface area contributed by atoms with Crippen LogP contribution in [0, 0.1) is 0 Å². The zero-order chi connectivity index (χ0) is 20.8. The number of carbonyl (C=O) groups is 4. The number of nitrogens with zero attached hydrogens (tertiary/aromatic N) is 2. The second-order valence-corrected chi connectivity index (χ2v) is 6.16. The molecule has 2 aromatic rings. The average Bonchev–Trinajstić information content (AvgIpc) is 3.28. The van der Waals surface area contributed by atoms with Gasteiger partial charge in [-0.3, -0.25) is 19.2 Å². The van der Waals surface area contributed by atoms with Crippen LogP contribution in [0.2, 0.25) is 0 Å². The minimum atomic E-state index is -1.17. The fourth-order valence-corrected chi connectivity index (χ4v) is 2.32. The highest BCUT2D eigenvalue weighted by atomic mass is 16.4. The fraction of sp³-hybridized carbons (Fsp3) is 0.375. The number of aliphatic carboxylic acids is 2. The molecule has 0 amide bonds. The van der Waals surface area contributed by atoms with Gasteiger partial charge in [-0.05, 0) is 0 Å². The highest BCUT2D eigenvalue weighted by Gasteiger charge is 2.19. The number of imidazole rings is 2. The van der Waals surface area contributed by atoms with E-state index in [-0.39, 0.29) is 37.3 Å². The minimum absolute atomic E-state index is 0.00737. The van der Waals surface area contributed by atoms with Gasteiger partial charge in [0.15, 0.2) is 23.2 Å². The number of H-pyrrole nitrogens is 2. The van der Waals surface area contributed by atoms with Gasteiger partial charge in [-0.1, -0.05) is 0 Å². The van der Waals surface area contributed by atoms with E-state index in [1.807, 2.05) is 0 Å². The first kappa shape index (κ1) is 20.9. The Hall–Kier alpha value is -3.38. The van der Waals surface area contributed by atoms with Crippen LogP contribution in [-0.4, -0.2) is 65.7 Å². The molecule has 0 aliphatic rings. The molecule has 12 nitrogen and oxygen atoms in total. The number of carbonyl (C=O) groups excluding carboxylic acids is 2. The van der Waals surface area contributed by atoms with Crippen LogP contribution in [-0.2, 0) is 22.4 Å². The molecule has 2 unspecified atom stereocenters. The van der Waals surface area contributed by atoms with Gasteiger partial charge >= 0.3 is 11.9 Å². The summed E-state index contributed by atoms with van der Waals surface area (Å²) in [7, 11) is 0. The van der Waals surface area contributed by atoms with Crippen molar-refractivity contribution in [1.82, 2.24) is 19.9 Å². The summed E-state index contributed by atoms with van der Waals surface area (Å²) in [5.74, 6) is -3.18. The largest absolute Gasteiger partial charge is 0.480 e. The predicted molar refractivity (Wildman–Crippen MR) is 93.7 cm³/mol. The van der Waals surface area contributed by atoms with Crippen LogP contribution in [0.15, 0.2) is 12.4 Å². The van der Waals surface area contributed by atoms with E-state index in [2.05, 4.69) is 19.9 Å². The van der Waals surface area contributed by atoms with Crippen molar-refractivity contribution < 1.29 is 29.4 Å². The lowest BCUT2D eigenvalue weighted by molar-refractivity contribution is -0.139. The Kier molecular flexibility index (Phi) is 6.74. The lowest BCUT2D eigenvalue weighted by Gasteiger charge is -2.03. The molecule has 0 aromatic carbocycles. The number of rotatable bonds is 11. The van der Waals surface area contributed by atoms with Gasteiger partial charge in [-0.15, -0.1) is 0 Å². The lowest BCUT2D eigenvalue weighted by atomic mass is 10.1. The summed E-state index contributed by atoms with van der Waals surface area (Å²) in [6.07, 6.45) is 2.35. The second-order valence-electron chi connectivity index (χ2n) is 6.16. The summed E-state index contributed by atoms with van der Waals surface area (Å²) in [5.41, 5.74) is 11.6. The van der Waals surface area contributed by atoms with E-state index in [9.17, 15) is 19.2 Å². The number of carboxylic acid groups (broad SMARTS) is 2. The Morgan fingerprint density at radius 2 is 1.18 bits per heavy atom. The molecule has 2 heterocycles. The van der Waals surface area contributed by atoms with Crippen molar-refractivity contribution in [2.45, 2.75) is 37.8 Å². The summed E-state index contributed by atoms with van der Waals surface area (Å²) in [6.45, 7) is 0. The Balaban J connectivity index is 1.88. The molecule has 2 atom stereocenters. The maximum absolute atomic E-state index is 12.1. The SMILES string of the molecule is NC(Cc1cnc(C(=O)CCC(=O)c2ncc(CC(N)C(=O)O)[nH]2)[nH]1)C(=O)O. The molecule has 0 saturated carbocycles. The molecule has 150 valence electrons. The van der Waals surface area contributed by atoms with E-state index in [4.69, 9.17) is 21.7 Å². The molecule has 0 aliphatic carbocycles. The summed E-state index contributed by atoms with van der Waals surface area (Å²) in [5, 5.41) is 17.6. The van der Waals surface area contributed by atoms with Crippen LogP contribution < -0.4 is 11.5 Å². The van der Waals surface area contributed by atoms with Crippen LogP contribution in [0.4, 0.5) is 0 Å². The Morgan fingerprint density at radius 3 is 1.50 bits per heavy atom. The zero-order valence-electron chi connectivity index (χ0n) is 14.7. The summed E-state index contributed by atoms with van der Waals surface area (Å²) < 4.78 is 0. The monoisotopic (exact) mass is 392 g/mol.